The number of nitrogens with one attached hydrogen (secondary N) is 3. The second-order valence-corrected chi connectivity index (χ2v) is 4.99. The van der Waals surface area contributed by atoms with Crippen molar-refractivity contribution in [3.63, 3.8) is 0 Å². The highest BCUT2D eigenvalue weighted by Gasteiger charge is 2.26. The summed E-state index contributed by atoms with van der Waals surface area (Å²) in [5.74, 6) is -2.73. The van der Waals surface area contributed by atoms with Crippen LogP contribution >= 0.6 is 0 Å². The topological polar surface area (TPSA) is 125 Å². The molecule has 0 radical (unpaired) electrons. The molecule has 0 saturated carbocycles. The number of amides is 3. The number of hydrogen-bond donors (Lipinski definition) is 4. The first kappa shape index (κ1) is 18.9. The summed E-state index contributed by atoms with van der Waals surface area (Å²) >= 11 is 0. The summed E-state index contributed by atoms with van der Waals surface area (Å²) in [6.07, 6.45) is 0.261. The van der Waals surface area contributed by atoms with Crippen molar-refractivity contribution in [3.05, 3.63) is 0 Å². The lowest BCUT2D eigenvalue weighted by Crippen LogP contribution is -2.54. The maximum atomic E-state index is 12.0. The zero-order valence-corrected chi connectivity index (χ0v) is 12.7. The van der Waals surface area contributed by atoms with Gasteiger partial charge in [0.25, 0.3) is 0 Å². The third-order valence-corrected chi connectivity index (χ3v) is 2.76. The first-order valence-corrected chi connectivity index (χ1v) is 6.78. The van der Waals surface area contributed by atoms with Crippen LogP contribution < -0.4 is 16.0 Å². The van der Waals surface area contributed by atoms with Crippen molar-refractivity contribution >= 4 is 23.7 Å². The molecule has 0 aromatic carbocycles. The van der Waals surface area contributed by atoms with Crippen molar-refractivity contribution in [2.24, 2.45) is 5.92 Å². The number of hydrogen-bond acceptors (Lipinski definition) is 4. The Labute approximate surface area is 123 Å². The number of carbonyl (C=O) groups excluding carboxylic acids is 3. The van der Waals surface area contributed by atoms with E-state index in [4.69, 9.17) is 5.11 Å². The standard InChI is InChI=1S/C13H23N3O5/c1-5-9(17)14-6-10(18)16-11(7(2)3)12(19)15-8(4)13(20)21/h7-8,11H,5-6H2,1-4H3,(H,14,17)(H,15,19)(H,16,18)(H,20,21)/t8-,11-/m0/s1. The smallest absolute Gasteiger partial charge is 0.325 e. The van der Waals surface area contributed by atoms with Crippen molar-refractivity contribution in [1.29, 1.82) is 0 Å². The molecule has 2 atom stereocenters. The van der Waals surface area contributed by atoms with E-state index in [1.165, 1.54) is 6.92 Å². The summed E-state index contributed by atoms with van der Waals surface area (Å²) < 4.78 is 0. The Hall–Kier alpha value is -2.12. The third-order valence-electron chi connectivity index (χ3n) is 2.76. The van der Waals surface area contributed by atoms with Crippen LogP contribution in [0.4, 0.5) is 0 Å². The maximum absolute atomic E-state index is 12.0. The van der Waals surface area contributed by atoms with Crippen molar-refractivity contribution in [2.45, 2.75) is 46.2 Å². The van der Waals surface area contributed by atoms with Gasteiger partial charge in [-0.05, 0) is 12.8 Å². The van der Waals surface area contributed by atoms with Crippen LogP contribution in [-0.4, -0.2) is 47.4 Å². The Balaban J connectivity index is 4.55. The van der Waals surface area contributed by atoms with Crippen LogP contribution in [0.15, 0.2) is 0 Å². The Morgan fingerprint density at radius 3 is 2.00 bits per heavy atom. The lowest BCUT2D eigenvalue weighted by Gasteiger charge is -2.23. The Morgan fingerprint density at radius 1 is 1.00 bits per heavy atom. The molecule has 8 heteroatoms. The average Bonchev–Trinajstić information content (AvgIpc) is 2.41. The monoisotopic (exact) mass is 301 g/mol. The summed E-state index contributed by atoms with van der Waals surface area (Å²) in [5.41, 5.74) is 0. The van der Waals surface area contributed by atoms with Crippen molar-refractivity contribution in [1.82, 2.24) is 16.0 Å². The molecule has 0 heterocycles. The molecular formula is C13H23N3O5. The molecule has 0 aliphatic rings. The van der Waals surface area contributed by atoms with E-state index in [0.29, 0.717) is 0 Å². The van der Waals surface area contributed by atoms with Gasteiger partial charge in [-0.3, -0.25) is 19.2 Å². The fourth-order valence-electron chi connectivity index (χ4n) is 1.43. The maximum Gasteiger partial charge on any atom is 0.325 e. The van der Waals surface area contributed by atoms with E-state index >= 15 is 0 Å². The van der Waals surface area contributed by atoms with E-state index in [9.17, 15) is 19.2 Å². The number of rotatable bonds is 8. The molecule has 120 valence electrons. The number of carboxylic acids is 1. The van der Waals surface area contributed by atoms with Crippen LogP contribution in [0.5, 0.6) is 0 Å². The first-order chi connectivity index (χ1) is 9.68. The van der Waals surface area contributed by atoms with Gasteiger partial charge >= 0.3 is 5.97 Å². The largest absolute Gasteiger partial charge is 0.480 e. The molecule has 0 saturated heterocycles. The second-order valence-electron chi connectivity index (χ2n) is 4.99. The van der Waals surface area contributed by atoms with Crippen LogP contribution in [0.2, 0.25) is 0 Å². The normalized spacial score (nSPS) is 13.2. The molecule has 0 rings (SSSR count). The molecule has 0 aromatic rings. The average molecular weight is 301 g/mol. The van der Waals surface area contributed by atoms with Gasteiger partial charge in [-0.15, -0.1) is 0 Å². The minimum atomic E-state index is -1.16. The zero-order valence-electron chi connectivity index (χ0n) is 12.7. The highest BCUT2D eigenvalue weighted by Crippen LogP contribution is 2.02. The van der Waals surface area contributed by atoms with Crippen LogP contribution in [0.3, 0.4) is 0 Å². The van der Waals surface area contributed by atoms with Crippen LogP contribution in [0.25, 0.3) is 0 Å². The highest BCUT2D eigenvalue weighted by atomic mass is 16.4. The zero-order chi connectivity index (χ0) is 16.6. The van der Waals surface area contributed by atoms with Gasteiger partial charge in [-0.25, -0.2) is 0 Å². The lowest BCUT2D eigenvalue weighted by molar-refractivity contribution is -0.142. The van der Waals surface area contributed by atoms with Gasteiger partial charge in [-0.2, -0.15) is 0 Å². The molecule has 0 aromatic heterocycles. The highest BCUT2D eigenvalue weighted by molar-refractivity contribution is 5.91. The summed E-state index contributed by atoms with van der Waals surface area (Å²) in [6, 6.07) is -1.91. The second kappa shape index (κ2) is 8.93. The third kappa shape index (κ3) is 7.28. The number of aliphatic carboxylic acids is 1. The van der Waals surface area contributed by atoms with E-state index in [0.717, 1.165) is 0 Å². The molecule has 3 amide bonds. The van der Waals surface area contributed by atoms with Gasteiger partial charge in [0.1, 0.15) is 12.1 Å². The summed E-state index contributed by atoms with van der Waals surface area (Å²) in [7, 11) is 0. The van der Waals surface area contributed by atoms with E-state index in [2.05, 4.69) is 16.0 Å². The predicted molar refractivity (Wildman–Crippen MR) is 75.3 cm³/mol. The minimum Gasteiger partial charge on any atom is -0.480 e. The minimum absolute atomic E-state index is 0.225. The van der Waals surface area contributed by atoms with Gasteiger partial charge < -0.3 is 21.1 Å². The van der Waals surface area contributed by atoms with Crippen LogP contribution in [-0.2, 0) is 19.2 Å². The van der Waals surface area contributed by atoms with Gasteiger partial charge in [0.15, 0.2) is 0 Å². The molecule has 0 aliphatic carbocycles. The lowest BCUT2D eigenvalue weighted by atomic mass is 10.0. The number of carbonyl (C=O) groups is 4. The Kier molecular flexibility index (Phi) is 8.03. The van der Waals surface area contributed by atoms with Crippen molar-refractivity contribution in [3.8, 4) is 0 Å². The quantitative estimate of drug-likeness (QED) is 0.469. The van der Waals surface area contributed by atoms with Gasteiger partial charge in [-0.1, -0.05) is 20.8 Å². The molecule has 0 spiro atoms. The summed E-state index contributed by atoms with van der Waals surface area (Å²) in [5, 5.41) is 15.9. The molecule has 0 unspecified atom stereocenters. The SMILES string of the molecule is CCC(=O)NCC(=O)N[C@H](C(=O)N[C@@H](C)C(=O)O)C(C)C. The van der Waals surface area contributed by atoms with E-state index in [1.807, 2.05) is 0 Å². The van der Waals surface area contributed by atoms with E-state index in [1.54, 1.807) is 20.8 Å². The Morgan fingerprint density at radius 2 is 1.57 bits per heavy atom. The summed E-state index contributed by atoms with van der Waals surface area (Å²) in [4.78, 5) is 45.4. The Bertz CT molecular complexity index is 409. The molecule has 0 bridgehead atoms. The predicted octanol–water partition coefficient (Wildman–Crippen LogP) is -0.757. The van der Waals surface area contributed by atoms with E-state index < -0.39 is 29.9 Å². The molecular weight excluding hydrogens is 278 g/mol. The molecule has 0 aliphatic heterocycles. The van der Waals surface area contributed by atoms with Gasteiger partial charge in [0.05, 0.1) is 6.54 Å². The summed E-state index contributed by atoms with van der Waals surface area (Å²) in [6.45, 7) is 6.21. The fourth-order valence-corrected chi connectivity index (χ4v) is 1.43. The van der Waals surface area contributed by atoms with Gasteiger partial charge in [0, 0.05) is 6.42 Å². The van der Waals surface area contributed by atoms with Gasteiger partial charge in [0.2, 0.25) is 17.7 Å². The molecule has 21 heavy (non-hydrogen) atoms. The van der Waals surface area contributed by atoms with Crippen molar-refractivity contribution in [2.75, 3.05) is 6.54 Å². The first-order valence-electron chi connectivity index (χ1n) is 6.78. The fraction of sp³-hybridized carbons (Fsp3) is 0.692. The molecule has 4 N–H and O–H groups in total. The molecule has 0 fully saturated rings. The van der Waals surface area contributed by atoms with Crippen LogP contribution in [0.1, 0.15) is 34.1 Å². The van der Waals surface area contributed by atoms with Crippen LogP contribution in [0, 0.1) is 5.92 Å². The van der Waals surface area contributed by atoms with Crippen molar-refractivity contribution < 1.29 is 24.3 Å². The van der Waals surface area contributed by atoms with E-state index in [-0.39, 0.29) is 24.8 Å². The number of carboxylic acid groups (broad SMARTS) is 1. The molecule has 8 nitrogen and oxygen atoms in total.